The molecular formula is C18H15Cl2NO5. The van der Waals surface area contributed by atoms with Crippen molar-refractivity contribution in [3.63, 3.8) is 0 Å². The summed E-state index contributed by atoms with van der Waals surface area (Å²) in [6, 6.07) is 6.98. The van der Waals surface area contributed by atoms with Crippen LogP contribution in [0.4, 0.5) is 0 Å². The van der Waals surface area contributed by atoms with Crippen LogP contribution in [0.5, 0.6) is 0 Å². The lowest BCUT2D eigenvalue weighted by Crippen LogP contribution is -2.34. The molecule has 0 bridgehead atoms. The highest BCUT2D eigenvalue weighted by molar-refractivity contribution is 6.42. The van der Waals surface area contributed by atoms with Gasteiger partial charge in [-0.15, -0.1) is 0 Å². The molecule has 2 heterocycles. The van der Waals surface area contributed by atoms with Gasteiger partial charge < -0.3 is 19.2 Å². The molecule has 26 heavy (non-hydrogen) atoms. The van der Waals surface area contributed by atoms with Crippen LogP contribution in [-0.4, -0.2) is 42.0 Å². The average Bonchev–Trinajstić information content (AvgIpc) is 3.24. The lowest BCUT2D eigenvalue weighted by Gasteiger charge is -2.26. The minimum Gasteiger partial charge on any atom is -0.503 e. The number of furan rings is 1. The van der Waals surface area contributed by atoms with E-state index >= 15 is 0 Å². The standard InChI is InChI=1S/C18H15Cl2NO5/c1-25-8-6-21-15(10-4-5-11(19)12(20)9-10)14(17(23)18(21)24)16(22)13-3-2-7-26-13/h2-5,7,9,15,23H,6,8H2,1H3/t15-/m1/s1. The highest BCUT2D eigenvalue weighted by atomic mass is 35.5. The first-order valence-corrected chi connectivity index (χ1v) is 8.47. The van der Waals surface area contributed by atoms with E-state index in [0.29, 0.717) is 10.6 Å². The minimum absolute atomic E-state index is 0.0259. The lowest BCUT2D eigenvalue weighted by molar-refractivity contribution is -0.130. The van der Waals surface area contributed by atoms with Crippen LogP contribution in [0.25, 0.3) is 0 Å². The Labute approximate surface area is 159 Å². The molecule has 3 rings (SSSR count). The SMILES string of the molecule is COCCN1C(=O)C(O)=C(C(=O)c2ccco2)[C@H]1c1ccc(Cl)c(Cl)c1. The van der Waals surface area contributed by atoms with Crippen molar-refractivity contribution in [2.75, 3.05) is 20.3 Å². The third-order valence-corrected chi connectivity index (χ3v) is 4.83. The third kappa shape index (κ3) is 3.23. The van der Waals surface area contributed by atoms with Crippen LogP contribution >= 0.6 is 23.2 Å². The smallest absolute Gasteiger partial charge is 0.290 e. The van der Waals surface area contributed by atoms with Gasteiger partial charge in [-0.3, -0.25) is 9.59 Å². The number of halogens is 2. The van der Waals surface area contributed by atoms with E-state index in [4.69, 9.17) is 32.4 Å². The number of rotatable bonds is 6. The predicted octanol–water partition coefficient (Wildman–Crippen LogP) is 3.81. The van der Waals surface area contributed by atoms with Crippen LogP contribution in [0.1, 0.15) is 22.2 Å². The van der Waals surface area contributed by atoms with E-state index in [0.717, 1.165) is 0 Å². The number of aliphatic hydroxyl groups is 1. The number of aliphatic hydroxyl groups excluding tert-OH is 1. The number of ether oxygens (including phenoxy) is 1. The topological polar surface area (TPSA) is 80.0 Å². The summed E-state index contributed by atoms with van der Waals surface area (Å²) in [7, 11) is 1.50. The summed E-state index contributed by atoms with van der Waals surface area (Å²) >= 11 is 12.1. The molecule has 0 aliphatic carbocycles. The van der Waals surface area contributed by atoms with E-state index in [9.17, 15) is 14.7 Å². The molecule has 1 aliphatic heterocycles. The molecule has 0 radical (unpaired) electrons. The lowest BCUT2D eigenvalue weighted by atomic mass is 9.95. The quantitative estimate of drug-likeness (QED) is 0.752. The summed E-state index contributed by atoms with van der Waals surface area (Å²) in [6.07, 6.45) is 1.35. The van der Waals surface area contributed by atoms with Gasteiger partial charge in [0.2, 0.25) is 5.78 Å². The second-order valence-corrected chi connectivity index (χ2v) is 6.45. The molecule has 0 saturated carbocycles. The fourth-order valence-electron chi connectivity index (χ4n) is 2.88. The second-order valence-electron chi connectivity index (χ2n) is 5.64. The molecule has 0 spiro atoms. The molecule has 1 atom stereocenters. The fraction of sp³-hybridized carbons (Fsp3) is 0.222. The van der Waals surface area contributed by atoms with Gasteiger partial charge in [-0.25, -0.2) is 0 Å². The first-order valence-electron chi connectivity index (χ1n) is 7.72. The predicted molar refractivity (Wildman–Crippen MR) is 95.5 cm³/mol. The Morgan fingerprint density at radius 3 is 2.69 bits per heavy atom. The first-order chi connectivity index (χ1) is 12.5. The average molecular weight is 396 g/mol. The number of methoxy groups -OCH3 is 1. The van der Waals surface area contributed by atoms with Gasteiger partial charge in [0.1, 0.15) is 0 Å². The summed E-state index contributed by atoms with van der Waals surface area (Å²) in [5.41, 5.74) is 0.474. The monoisotopic (exact) mass is 395 g/mol. The summed E-state index contributed by atoms with van der Waals surface area (Å²) in [5.74, 6) is -1.82. The van der Waals surface area contributed by atoms with Gasteiger partial charge in [-0.1, -0.05) is 29.3 Å². The molecule has 1 amide bonds. The van der Waals surface area contributed by atoms with Crippen molar-refractivity contribution >= 4 is 34.9 Å². The Kier molecular flexibility index (Phi) is 5.36. The van der Waals surface area contributed by atoms with Gasteiger partial charge in [0.15, 0.2) is 11.5 Å². The van der Waals surface area contributed by atoms with Crippen molar-refractivity contribution in [2.24, 2.45) is 0 Å². The van der Waals surface area contributed by atoms with Crippen molar-refractivity contribution in [2.45, 2.75) is 6.04 Å². The van der Waals surface area contributed by atoms with E-state index in [1.807, 2.05) is 0 Å². The Bertz CT molecular complexity index is 876. The number of hydrogen-bond donors (Lipinski definition) is 1. The number of carbonyl (C=O) groups is 2. The number of benzene rings is 1. The number of nitrogens with zero attached hydrogens (tertiary/aromatic N) is 1. The van der Waals surface area contributed by atoms with Crippen molar-refractivity contribution in [1.82, 2.24) is 4.90 Å². The molecule has 0 fully saturated rings. The largest absolute Gasteiger partial charge is 0.503 e. The van der Waals surface area contributed by atoms with Crippen LogP contribution in [0.3, 0.4) is 0 Å². The Morgan fingerprint density at radius 1 is 1.31 bits per heavy atom. The van der Waals surface area contributed by atoms with E-state index in [2.05, 4.69) is 0 Å². The number of Topliss-reactive ketones (excluding diaryl/α,β-unsaturated/α-hetero) is 1. The number of amides is 1. The van der Waals surface area contributed by atoms with Crippen LogP contribution < -0.4 is 0 Å². The normalized spacial score (nSPS) is 17.3. The number of ketones is 1. The molecule has 136 valence electrons. The molecule has 1 aliphatic rings. The molecule has 1 N–H and O–H groups in total. The van der Waals surface area contributed by atoms with Gasteiger partial charge in [0, 0.05) is 13.7 Å². The van der Waals surface area contributed by atoms with Gasteiger partial charge in [0.05, 0.1) is 34.5 Å². The molecular weight excluding hydrogens is 381 g/mol. The Hall–Kier alpha value is -2.28. The van der Waals surface area contributed by atoms with Gasteiger partial charge >= 0.3 is 0 Å². The zero-order valence-corrected chi connectivity index (χ0v) is 15.3. The van der Waals surface area contributed by atoms with Gasteiger partial charge in [-0.2, -0.15) is 0 Å². The Balaban J connectivity index is 2.10. The molecule has 1 aromatic heterocycles. The summed E-state index contributed by atoms with van der Waals surface area (Å²) in [4.78, 5) is 26.7. The van der Waals surface area contributed by atoms with Gasteiger partial charge in [-0.05, 0) is 29.8 Å². The van der Waals surface area contributed by atoms with Crippen molar-refractivity contribution in [3.05, 3.63) is 69.3 Å². The van der Waals surface area contributed by atoms with Gasteiger partial charge in [0.25, 0.3) is 5.91 Å². The van der Waals surface area contributed by atoms with Crippen LogP contribution in [-0.2, 0) is 9.53 Å². The fourth-order valence-corrected chi connectivity index (χ4v) is 3.18. The summed E-state index contributed by atoms with van der Waals surface area (Å²) < 4.78 is 10.2. The van der Waals surface area contributed by atoms with E-state index in [1.165, 1.54) is 24.3 Å². The third-order valence-electron chi connectivity index (χ3n) is 4.09. The minimum atomic E-state index is -0.829. The first kappa shape index (κ1) is 18.5. The molecule has 2 aromatic rings. The van der Waals surface area contributed by atoms with Crippen molar-refractivity contribution < 1.29 is 23.8 Å². The summed E-state index contributed by atoms with van der Waals surface area (Å²) in [5, 5.41) is 11.0. The van der Waals surface area contributed by atoms with Crippen LogP contribution in [0.2, 0.25) is 10.0 Å². The van der Waals surface area contributed by atoms with E-state index < -0.39 is 23.5 Å². The molecule has 1 aromatic carbocycles. The highest BCUT2D eigenvalue weighted by Gasteiger charge is 2.44. The molecule has 0 saturated heterocycles. The van der Waals surface area contributed by atoms with Crippen LogP contribution in [0, 0.1) is 0 Å². The maximum atomic E-state index is 12.8. The van der Waals surface area contributed by atoms with E-state index in [1.54, 1.807) is 24.3 Å². The summed E-state index contributed by atoms with van der Waals surface area (Å²) in [6.45, 7) is 0.415. The maximum absolute atomic E-state index is 12.8. The molecule has 0 unspecified atom stereocenters. The highest BCUT2D eigenvalue weighted by Crippen LogP contribution is 2.40. The van der Waals surface area contributed by atoms with Crippen LogP contribution in [0.15, 0.2) is 52.3 Å². The second kappa shape index (κ2) is 7.53. The zero-order valence-electron chi connectivity index (χ0n) is 13.7. The number of carbonyl (C=O) groups excluding carboxylic acids is 2. The van der Waals surface area contributed by atoms with E-state index in [-0.39, 0.29) is 29.5 Å². The zero-order chi connectivity index (χ0) is 18.8. The number of hydrogen-bond acceptors (Lipinski definition) is 5. The maximum Gasteiger partial charge on any atom is 0.290 e. The van der Waals surface area contributed by atoms with Crippen molar-refractivity contribution in [3.8, 4) is 0 Å². The Morgan fingerprint density at radius 2 is 2.08 bits per heavy atom. The molecule has 8 heteroatoms. The molecule has 6 nitrogen and oxygen atoms in total. The van der Waals surface area contributed by atoms with Crippen molar-refractivity contribution in [1.29, 1.82) is 0 Å².